The lowest BCUT2D eigenvalue weighted by Crippen LogP contribution is -2.48. The summed E-state index contributed by atoms with van der Waals surface area (Å²) in [6.07, 6.45) is 6.67. The van der Waals surface area contributed by atoms with Crippen molar-refractivity contribution in [2.24, 2.45) is 7.05 Å². The van der Waals surface area contributed by atoms with Gasteiger partial charge in [-0.05, 0) is 51.6 Å². The van der Waals surface area contributed by atoms with Crippen LogP contribution < -0.4 is 10.5 Å². The lowest BCUT2D eigenvalue weighted by atomic mass is 10.1. The van der Waals surface area contributed by atoms with E-state index in [4.69, 9.17) is 15.5 Å². The highest BCUT2D eigenvalue weighted by Crippen LogP contribution is 2.35. The number of nitrogens with zero attached hydrogens (tertiary/aromatic N) is 7. The van der Waals surface area contributed by atoms with Crippen molar-refractivity contribution in [3.63, 3.8) is 0 Å². The summed E-state index contributed by atoms with van der Waals surface area (Å²) in [5.41, 5.74) is 11.7. The zero-order valence-corrected chi connectivity index (χ0v) is 19.6. The van der Waals surface area contributed by atoms with E-state index >= 15 is 0 Å². The van der Waals surface area contributed by atoms with E-state index in [1.54, 1.807) is 10.7 Å². The standard InChI is InChI=1S/C24H30N8O/c1-5-6-21-27-15(2)11-18(28-21)22-19-12-16(7-10-32(19)29-24(22)25)23-20(13-26-31(23)4)33-14-17-8-9-30(17)3/h7,10-13,17H,5-6,8-9,14H2,1-4H3,(H2,25,29)/t17-/m1/s1. The number of hydrogen-bond acceptors (Lipinski definition) is 7. The van der Waals surface area contributed by atoms with Gasteiger partial charge in [0.15, 0.2) is 11.6 Å². The lowest BCUT2D eigenvalue weighted by molar-refractivity contribution is 0.0771. The van der Waals surface area contributed by atoms with Gasteiger partial charge in [-0.3, -0.25) is 9.58 Å². The van der Waals surface area contributed by atoms with Crippen LogP contribution in [-0.4, -0.2) is 60.5 Å². The predicted octanol–water partition coefficient (Wildman–Crippen LogP) is 3.12. The number of fused-ring (bicyclic) bond motifs is 1. The number of rotatable bonds is 7. The SMILES string of the molecule is CCCc1nc(C)cc(-c2c(N)nn3ccc(-c4c(OC[C@H]5CCN5C)cnn4C)cc23)n1. The van der Waals surface area contributed by atoms with E-state index in [2.05, 4.69) is 40.1 Å². The number of aryl methyl sites for hydroxylation is 3. The maximum atomic E-state index is 6.36. The van der Waals surface area contributed by atoms with Gasteiger partial charge in [0, 0.05) is 37.0 Å². The van der Waals surface area contributed by atoms with Gasteiger partial charge in [0.05, 0.1) is 23.0 Å². The van der Waals surface area contributed by atoms with Gasteiger partial charge in [-0.25, -0.2) is 14.5 Å². The molecule has 0 aliphatic carbocycles. The molecule has 9 heteroatoms. The summed E-state index contributed by atoms with van der Waals surface area (Å²) < 4.78 is 9.83. The molecular formula is C24H30N8O. The molecule has 4 aromatic heterocycles. The number of nitrogen functional groups attached to an aromatic ring is 1. The third-order valence-electron chi connectivity index (χ3n) is 6.34. The number of aromatic nitrogens is 6. The van der Waals surface area contributed by atoms with Crippen LogP contribution in [0, 0.1) is 6.92 Å². The fourth-order valence-corrected chi connectivity index (χ4v) is 4.39. The first-order valence-electron chi connectivity index (χ1n) is 11.4. The number of anilines is 1. The van der Waals surface area contributed by atoms with Gasteiger partial charge in [0.2, 0.25) is 0 Å². The Morgan fingerprint density at radius 1 is 1.21 bits per heavy atom. The number of pyridine rings is 1. The number of nitrogens with two attached hydrogens (primary N) is 1. The molecule has 33 heavy (non-hydrogen) atoms. The molecule has 1 fully saturated rings. The molecule has 5 rings (SSSR count). The molecule has 0 bridgehead atoms. The minimum atomic E-state index is 0.446. The molecule has 0 spiro atoms. The van der Waals surface area contributed by atoms with Gasteiger partial charge >= 0.3 is 0 Å². The van der Waals surface area contributed by atoms with Crippen LogP contribution in [0.25, 0.3) is 28.0 Å². The van der Waals surface area contributed by atoms with E-state index in [1.165, 1.54) is 0 Å². The van der Waals surface area contributed by atoms with Gasteiger partial charge in [-0.2, -0.15) is 5.10 Å². The quantitative estimate of drug-likeness (QED) is 0.466. The molecule has 5 heterocycles. The van der Waals surface area contributed by atoms with Crippen molar-refractivity contribution < 1.29 is 4.74 Å². The predicted molar refractivity (Wildman–Crippen MR) is 128 cm³/mol. The van der Waals surface area contributed by atoms with E-state index < -0.39 is 0 Å². The van der Waals surface area contributed by atoms with E-state index in [-0.39, 0.29) is 0 Å². The fraction of sp³-hybridized carbons (Fsp3) is 0.417. The van der Waals surface area contributed by atoms with Gasteiger partial charge in [0.25, 0.3) is 0 Å². The van der Waals surface area contributed by atoms with E-state index in [1.807, 2.05) is 37.0 Å². The number of likely N-dealkylation sites (N-methyl/N-ethyl adjacent to an activating group) is 1. The third-order valence-corrected chi connectivity index (χ3v) is 6.34. The van der Waals surface area contributed by atoms with Crippen LogP contribution in [0.3, 0.4) is 0 Å². The maximum Gasteiger partial charge on any atom is 0.165 e. The Bertz CT molecular complexity index is 1310. The van der Waals surface area contributed by atoms with Crippen molar-refractivity contribution in [2.45, 2.75) is 39.2 Å². The van der Waals surface area contributed by atoms with E-state index in [9.17, 15) is 0 Å². The summed E-state index contributed by atoms with van der Waals surface area (Å²) in [7, 11) is 4.06. The average molecular weight is 447 g/mol. The van der Waals surface area contributed by atoms with Crippen molar-refractivity contribution >= 4 is 11.3 Å². The van der Waals surface area contributed by atoms with Crippen LogP contribution >= 0.6 is 0 Å². The molecule has 0 saturated carbocycles. The Morgan fingerprint density at radius 3 is 2.79 bits per heavy atom. The zero-order valence-electron chi connectivity index (χ0n) is 19.6. The minimum absolute atomic E-state index is 0.446. The monoisotopic (exact) mass is 446 g/mol. The second-order valence-electron chi connectivity index (χ2n) is 8.78. The Balaban J connectivity index is 1.56. The topological polar surface area (TPSA) is 99.4 Å². The van der Waals surface area contributed by atoms with Crippen LogP contribution in [0.1, 0.15) is 31.3 Å². The molecule has 4 aromatic rings. The second kappa shape index (κ2) is 8.47. The molecule has 0 unspecified atom stereocenters. The molecule has 1 atom stereocenters. The molecule has 1 aliphatic heterocycles. The van der Waals surface area contributed by atoms with Crippen LogP contribution in [0.15, 0.2) is 30.6 Å². The normalized spacial score (nSPS) is 16.3. The van der Waals surface area contributed by atoms with Gasteiger partial charge in [-0.1, -0.05) is 6.92 Å². The van der Waals surface area contributed by atoms with Gasteiger partial charge < -0.3 is 10.5 Å². The zero-order chi connectivity index (χ0) is 23.1. The first-order valence-corrected chi connectivity index (χ1v) is 11.4. The van der Waals surface area contributed by atoms with Gasteiger partial charge in [0.1, 0.15) is 18.1 Å². The summed E-state index contributed by atoms with van der Waals surface area (Å²) in [5, 5.41) is 8.98. The minimum Gasteiger partial charge on any atom is -0.488 e. The van der Waals surface area contributed by atoms with Crippen LogP contribution in [0.5, 0.6) is 5.75 Å². The fourth-order valence-electron chi connectivity index (χ4n) is 4.39. The Hall–Kier alpha value is -3.46. The summed E-state index contributed by atoms with van der Waals surface area (Å²) in [6, 6.07) is 6.51. The Kier molecular flexibility index (Phi) is 5.49. The summed E-state index contributed by atoms with van der Waals surface area (Å²) >= 11 is 0. The number of likely N-dealkylation sites (tertiary alicyclic amines) is 1. The number of hydrogen-bond donors (Lipinski definition) is 1. The molecule has 9 nitrogen and oxygen atoms in total. The molecular weight excluding hydrogens is 416 g/mol. The summed E-state index contributed by atoms with van der Waals surface area (Å²) in [5.74, 6) is 2.05. The summed E-state index contributed by atoms with van der Waals surface area (Å²) in [4.78, 5) is 11.7. The third kappa shape index (κ3) is 3.93. The Labute approximate surface area is 193 Å². The van der Waals surface area contributed by atoms with Crippen LogP contribution in [0.4, 0.5) is 5.82 Å². The first kappa shape index (κ1) is 21.4. The van der Waals surface area contributed by atoms with Crippen molar-refractivity contribution in [2.75, 3.05) is 25.9 Å². The van der Waals surface area contributed by atoms with Crippen molar-refractivity contribution in [3.05, 3.63) is 42.1 Å². The van der Waals surface area contributed by atoms with Crippen molar-refractivity contribution in [1.29, 1.82) is 0 Å². The van der Waals surface area contributed by atoms with Gasteiger partial charge in [-0.15, -0.1) is 5.10 Å². The lowest BCUT2D eigenvalue weighted by Gasteiger charge is -2.37. The number of ether oxygens (including phenoxy) is 1. The second-order valence-corrected chi connectivity index (χ2v) is 8.78. The molecule has 1 saturated heterocycles. The van der Waals surface area contributed by atoms with Crippen molar-refractivity contribution in [3.8, 4) is 28.3 Å². The smallest absolute Gasteiger partial charge is 0.165 e. The highest BCUT2D eigenvalue weighted by Gasteiger charge is 2.25. The summed E-state index contributed by atoms with van der Waals surface area (Å²) in [6.45, 7) is 5.88. The molecule has 172 valence electrons. The maximum absolute atomic E-state index is 6.36. The largest absolute Gasteiger partial charge is 0.488 e. The highest BCUT2D eigenvalue weighted by molar-refractivity contribution is 5.89. The Morgan fingerprint density at radius 2 is 2.06 bits per heavy atom. The van der Waals surface area contributed by atoms with E-state index in [0.29, 0.717) is 18.5 Å². The van der Waals surface area contributed by atoms with Crippen LogP contribution in [0.2, 0.25) is 0 Å². The average Bonchev–Trinajstić information content (AvgIpc) is 3.30. The van der Waals surface area contributed by atoms with Crippen molar-refractivity contribution in [1.82, 2.24) is 34.3 Å². The molecule has 0 amide bonds. The van der Waals surface area contributed by atoms with E-state index in [0.717, 1.165) is 71.1 Å². The first-order chi connectivity index (χ1) is 15.9. The highest BCUT2D eigenvalue weighted by atomic mass is 16.5. The van der Waals surface area contributed by atoms with Crippen LogP contribution in [-0.2, 0) is 13.5 Å². The molecule has 1 aliphatic rings. The molecule has 0 aromatic carbocycles. The molecule has 2 N–H and O–H groups in total. The molecule has 0 radical (unpaired) electrons.